The Hall–Kier alpha value is -3.48. The monoisotopic (exact) mass is 421 g/mol. The third kappa shape index (κ3) is 7.37. The van der Waals surface area contributed by atoms with Crippen LogP contribution in [0, 0.1) is 0 Å². The lowest BCUT2D eigenvalue weighted by atomic mass is 10.2. The van der Waals surface area contributed by atoms with Crippen LogP contribution in [0.5, 0.6) is 11.5 Å². The molecule has 0 aliphatic rings. The standard InChI is InChI=1S/C24H31N5O2/c1-3-25-24(26-13-7-15-29-16-8-14-28-29)27-18-21-11-12-22(23(17-21)30-2)31-19-20-9-5-4-6-10-20/h4-6,8-12,14,16-17H,3,7,13,15,18-19H2,1-2H3,(H2,25,26,27). The van der Waals surface area contributed by atoms with Crippen LogP contribution in [0.25, 0.3) is 0 Å². The number of aromatic nitrogens is 2. The van der Waals surface area contributed by atoms with Crippen molar-refractivity contribution in [1.82, 2.24) is 20.4 Å². The van der Waals surface area contributed by atoms with E-state index in [0.29, 0.717) is 18.9 Å². The third-order valence-corrected chi connectivity index (χ3v) is 4.64. The fourth-order valence-corrected chi connectivity index (χ4v) is 3.06. The number of aliphatic imine (C=N–C) groups is 1. The Bertz CT molecular complexity index is 926. The third-order valence-electron chi connectivity index (χ3n) is 4.64. The van der Waals surface area contributed by atoms with E-state index in [0.717, 1.165) is 48.9 Å². The highest BCUT2D eigenvalue weighted by Gasteiger charge is 2.07. The smallest absolute Gasteiger partial charge is 0.191 e. The average molecular weight is 422 g/mol. The number of guanidine groups is 1. The maximum atomic E-state index is 5.94. The highest BCUT2D eigenvalue weighted by Crippen LogP contribution is 2.29. The van der Waals surface area contributed by atoms with Gasteiger partial charge in [0.1, 0.15) is 6.61 Å². The molecule has 2 aromatic carbocycles. The zero-order chi connectivity index (χ0) is 21.7. The van der Waals surface area contributed by atoms with Gasteiger partial charge in [-0.2, -0.15) is 5.10 Å². The highest BCUT2D eigenvalue weighted by molar-refractivity contribution is 5.79. The highest BCUT2D eigenvalue weighted by atomic mass is 16.5. The number of nitrogens with zero attached hydrogens (tertiary/aromatic N) is 3. The van der Waals surface area contributed by atoms with E-state index in [-0.39, 0.29) is 0 Å². The summed E-state index contributed by atoms with van der Waals surface area (Å²) in [5.41, 5.74) is 2.17. The second-order valence-electron chi connectivity index (χ2n) is 7.00. The normalized spacial score (nSPS) is 11.2. The molecule has 3 rings (SSSR count). The molecule has 2 N–H and O–H groups in total. The predicted molar refractivity (Wildman–Crippen MR) is 123 cm³/mol. The first-order valence-electron chi connectivity index (χ1n) is 10.6. The maximum Gasteiger partial charge on any atom is 0.191 e. The van der Waals surface area contributed by atoms with E-state index in [2.05, 4.69) is 22.7 Å². The van der Waals surface area contributed by atoms with Crippen LogP contribution in [-0.4, -0.2) is 35.9 Å². The summed E-state index contributed by atoms with van der Waals surface area (Å²) in [7, 11) is 1.66. The van der Waals surface area contributed by atoms with E-state index in [4.69, 9.17) is 14.5 Å². The van der Waals surface area contributed by atoms with Gasteiger partial charge in [0, 0.05) is 32.0 Å². The van der Waals surface area contributed by atoms with Crippen LogP contribution in [0.4, 0.5) is 0 Å². The number of ether oxygens (including phenoxy) is 2. The largest absolute Gasteiger partial charge is 0.493 e. The van der Waals surface area contributed by atoms with Gasteiger partial charge < -0.3 is 20.1 Å². The number of rotatable bonds is 11. The Morgan fingerprint density at radius 2 is 1.90 bits per heavy atom. The number of aryl methyl sites for hydroxylation is 1. The molecule has 0 unspecified atom stereocenters. The number of methoxy groups -OCH3 is 1. The van der Waals surface area contributed by atoms with Gasteiger partial charge in [0.25, 0.3) is 0 Å². The SMILES string of the molecule is CCNC(=NCc1ccc(OCc2ccccc2)c(OC)c1)NCCCn1cccn1. The molecule has 0 atom stereocenters. The Labute approximate surface area is 184 Å². The molecular formula is C24H31N5O2. The molecule has 31 heavy (non-hydrogen) atoms. The lowest BCUT2D eigenvalue weighted by molar-refractivity contribution is 0.284. The van der Waals surface area contributed by atoms with Crippen LogP contribution in [0.15, 0.2) is 72.0 Å². The van der Waals surface area contributed by atoms with E-state index in [9.17, 15) is 0 Å². The molecule has 7 nitrogen and oxygen atoms in total. The van der Waals surface area contributed by atoms with Gasteiger partial charge in [-0.25, -0.2) is 4.99 Å². The predicted octanol–water partition coefficient (Wildman–Crippen LogP) is 3.62. The van der Waals surface area contributed by atoms with Gasteiger partial charge in [0.2, 0.25) is 0 Å². The van der Waals surface area contributed by atoms with E-state index in [1.807, 2.05) is 65.5 Å². The molecule has 0 amide bonds. The molecule has 0 aliphatic carbocycles. The topological polar surface area (TPSA) is 72.7 Å². The Balaban J connectivity index is 1.53. The Morgan fingerprint density at radius 1 is 1.03 bits per heavy atom. The fraction of sp³-hybridized carbons (Fsp3) is 0.333. The van der Waals surface area contributed by atoms with Gasteiger partial charge in [-0.1, -0.05) is 36.4 Å². The summed E-state index contributed by atoms with van der Waals surface area (Å²) >= 11 is 0. The summed E-state index contributed by atoms with van der Waals surface area (Å²) in [5, 5.41) is 10.9. The summed E-state index contributed by atoms with van der Waals surface area (Å²) in [6.07, 6.45) is 4.73. The number of benzene rings is 2. The van der Waals surface area contributed by atoms with E-state index in [1.54, 1.807) is 13.3 Å². The van der Waals surface area contributed by atoms with Crippen molar-refractivity contribution in [3.05, 3.63) is 78.1 Å². The molecule has 0 aliphatic heterocycles. The van der Waals surface area contributed by atoms with E-state index >= 15 is 0 Å². The zero-order valence-electron chi connectivity index (χ0n) is 18.3. The van der Waals surface area contributed by atoms with Crippen molar-refractivity contribution in [2.24, 2.45) is 4.99 Å². The van der Waals surface area contributed by atoms with Gasteiger partial charge in [-0.05, 0) is 42.7 Å². The second-order valence-corrected chi connectivity index (χ2v) is 7.00. The number of nitrogens with one attached hydrogen (secondary N) is 2. The summed E-state index contributed by atoms with van der Waals surface area (Å²) in [6.45, 7) is 5.61. The Morgan fingerprint density at radius 3 is 2.65 bits per heavy atom. The first-order chi connectivity index (χ1) is 15.3. The first-order valence-corrected chi connectivity index (χ1v) is 10.6. The molecule has 0 saturated carbocycles. The van der Waals surface area contributed by atoms with Crippen molar-refractivity contribution < 1.29 is 9.47 Å². The average Bonchev–Trinajstić information content (AvgIpc) is 3.33. The Kier molecular flexibility index (Phi) is 8.79. The van der Waals surface area contributed by atoms with Gasteiger partial charge >= 0.3 is 0 Å². The summed E-state index contributed by atoms with van der Waals surface area (Å²) in [5.74, 6) is 2.23. The van der Waals surface area contributed by atoms with Crippen LogP contribution in [0.3, 0.4) is 0 Å². The molecule has 0 radical (unpaired) electrons. The molecule has 164 valence electrons. The van der Waals surface area contributed by atoms with Crippen molar-refractivity contribution in [2.75, 3.05) is 20.2 Å². The minimum Gasteiger partial charge on any atom is -0.493 e. The van der Waals surface area contributed by atoms with Gasteiger partial charge in [-0.15, -0.1) is 0 Å². The molecule has 1 aromatic heterocycles. The minimum atomic E-state index is 0.502. The molecule has 7 heteroatoms. The van der Waals surface area contributed by atoms with Crippen LogP contribution in [0.2, 0.25) is 0 Å². The molecule has 3 aromatic rings. The maximum absolute atomic E-state index is 5.94. The van der Waals surface area contributed by atoms with Crippen molar-refractivity contribution in [2.45, 2.75) is 33.0 Å². The fourth-order valence-electron chi connectivity index (χ4n) is 3.06. The van der Waals surface area contributed by atoms with Crippen LogP contribution >= 0.6 is 0 Å². The second kappa shape index (κ2) is 12.3. The lowest BCUT2D eigenvalue weighted by Gasteiger charge is -2.13. The van der Waals surface area contributed by atoms with Crippen molar-refractivity contribution >= 4 is 5.96 Å². The van der Waals surface area contributed by atoms with Gasteiger partial charge in [-0.3, -0.25) is 4.68 Å². The summed E-state index contributed by atoms with van der Waals surface area (Å²) < 4.78 is 13.4. The lowest BCUT2D eigenvalue weighted by Crippen LogP contribution is -2.38. The van der Waals surface area contributed by atoms with Crippen LogP contribution < -0.4 is 20.1 Å². The molecule has 1 heterocycles. The van der Waals surface area contributed by atoms with E-state index in [1.165, 1.54) is 0 Å². The molecule has 0 saturated heterocycles. The van der Waals surface area contributed by atoms with E-state index < -0.39 is 0 Å². The number of hydrogen-bond donors (Lipinski definition) is 2. The molecule has 0 fully saturated rings. The van der Waals surface area contributed by atoms with Gasteiger partial charge in [0.05, 0.1) is 13.7 Å². The zero-order valence-corrected chi connectivity index (χ0v) is 18.3. The minimum absolute atomic E-state index is 0.502. The quantitative estimate of drug-likeness (QED) is 0.281. The number of hydrogen-bond acceptors (Lipinski definition) is 4. The molecule has 0 spiro atoms. The van der Waals surface area contributed by atoms with Crippen LogP contribution in [0.1, 0.15) is 24.5 Å². The summed E-state index contributed by atoms with van der Waals surface area (Å²) in [6, 6.07) is 18.0. The van der Waals surface area contributed by atoms with Crippen LogP contribution in [-0.2, 0) is 19.7 Å². The summed E-state index contributed by atoms with van der Waals surface area (Å²) in [4.78, 5) is 4.69. The van der Waals surface area contributed by atoms with Gasteiger partial charge in [0.15, 0.2) is 17.5 Å². The van der Waals surface area contributed by atoms with Crippen molar-refractivity contribution in [1.29, 1.82) is 0 Å². The van der Waals surface area contributed by atoms with Crippen molar-refractivity contribution in [3.63, 3.8) is 0 Å². The first kappa shape index (κ1) is 22.2. The molecular weight excluding hydrogens is 390 g/mol. The van der Waals surface area contributed by atoms with Crippen molar-refractivity contribution in [3.8, 4) is 11.5 Å². The molecule has 0 bridgehead atoms.